The van der Waals surface area contributed by atoms with Crippen molar-refractivity contribution in [3.63, 3.8) is 0 Å². The molecule has 5 heteroatoms. The van der Waals surface area contributed by atoms with E-state index < -0.39 is 11.7 Å². The lowest BCUT2D eigenvalue weighted by Gasteiger charge is -2.29. The molecule has 1 aliphatic heterocycles. The van der Waals surface area contributed by atoms with Gasteiger partial charge in [0, 0.05) is 0 Å². The smallest absolute Gasteiger partial charge is 0.196 e. The average molecular weight is 451 g/mol. The number of rotatable bonds is 10. The Morgan fingerprint density at radius 2 is 1.78 bits per heavy atom. The summed E-state index contributed by atoms with van der Waals surface area (Å²) in [7, 11) is 1.31. The van der Waals surface area contributed by atoms with Gasteiger partial charge >= 0.3 is 0 Å². The second-order valence-corrected chi connectivity index (χ2v) is 7.95. The van der Waals surface area contributed by atoms with Gasteiger partial charge in [-0.2, -0.15) is 0 Å². The predicted molar refractivity (Wildman–Crippen MR) is 128 cm³/mol. The van der Waals surface area contributed by atoms with Gasteiger partial charge in [0.25, 0.3) is 0 Å². The molecule has 1 fully saturated rings. The first-order valence-corrected chi connectivity index (χ1v) is 11.6. The van der Waals surface area contributed by atoms with Gasteiger partial charge in [-0.3, -0.25) is 0 Å². The third kappa shape index (κ3) is 9.25. The lowest BCUT2D eigenvalue weighted by Crippen LogP contribution is -2.28. The van der Waals surface area contributed by atoms with Gasteiger partial charge in [-0.05, 0) is 55.7 Å². The van der Waals surface area contributed by atoms with E-state index in [0.29, 0.717) is 13.0 Å². The SMILES string of the molecule is C=CCCc1ccc(C2CCC(OC/C(CC)=C(F)/C(F)=C(\C)OC)CO2)cc1.CCC. The molecular weight excluding hydrogens is 410 g/mol. The number of hydrogen-bond donors (Lipinski definition) is 0. The Morgan fingerprint density at radius 1 is 1.12 bits per heavy atom. The lowest BCUT2D eigenvalue weighted by molar-refractivity contribution is -0.0824. The van der Waals surface area contributed by atoms with Gasteiger partial charge in [0.1, 0.15) is 5.76 Å². The van der Waals surface area contributed by atoms with Crippen molar-refractivity contribution >= 4 is 0 Å². The van der Waals surface area contributed by atoms with Crippen LogP contribution in [0.15, 0.2) is 59.9 Å². The van der Waals surface area contributed by atoms with Crippen molar-refractivity contribution in [3.8, 4) is 0 Å². The summed E-state index contributed by atoms with van der Waals surface area (Å²) in [4.78, 5) is 0. The van der Waals surface area contributed by atoms with Gasteiger partial charge in [-0.25, -0.2) is 8.78 Å². The zero-order chi connectivity index (χ0) is 23.9. The van der Waals surface area contributed by atoms with Crippen molar-refractivity contribution in [2.45, 2.75) is 78.4 Å². The van der Waals surface area contributed by atoms with Crippen molar-refractivity contribution in [2.24, 2.45) is 0 Å². The summed E-state index contributed by atoms with van der Waals surface area (Å²) >= 11 is 0. The quantitative estimate of drug-likeness (QED) is 0.206. The largest absolute Gasteiger partial charge is 0.498 e. The standard InChI is InChI=1S/C24H32F2O3.C3H8/c1-5-7-8-18-9-11-20(12-10-18)22-14-13-21(16-29-22)28-15-19(6-2)24(26)23(25)17(3)27-4;1-3-2/h5,9-12,21-22H,1,6-8,13-16H2,2-4H3;3H2,1-2H3/b23-17-,24-19-;. The van der Waals surface area contributed by atoms with Crippen LogP contribution in [0.1, 0.15) is 77.0 Å². The Balaban J connectivity index is 0.00000161. The summed E-state index contributed by atoms with van der Waals surface area (Å²) in [6.45, 7) is 11.7. The summed E-state index contributed by atoms with van der Waals surface area (Å²) in [5.41, 5.74) is 2.74. The number of allylic oxidation sites excluding steroid dienone is 4. The van der Waals surface area contributed by atoms with Crippen LogP contribution in [0.25, 0.3) is 0 Å². The summed E-state index contributed by atoms with van der Waals surface area (Å²) < 4.78 is 44.8. The molecule has 1 aliphatic rings. The molecule has 1 aromatic carbocycles. The first kappa shape index (κ1) is 28.1. The molecule has 0 aromatic heterocycles. The molecule has 0 saturated carbocycles. The molecule has 2 unspecified atom stereocenters. The zero-order valence-electron chi connectivity index (χ0n) is 20.4. The van der Waals surface area contributed by atoms with Crippen molar-refractivity contribution in [1.29, 1.82) is 0 Å². The van der Waals surface area contributed by atoms with Crippen LogP contribution in [0.5, 0.6) is 0 Å². The van der Waals surface area contributed by atoms with Gasteiger partial charge in [0.15, 0.2) is 11.7 Å². The first-order valence-electron chi connectivity index (χ1n) is 11.6. The molecule has 32 heavy (non-hydrogen) atoms. The fourth-order valence-electron chi connectivity index (χ4n) is 3.23. The van der Waals surface area contributed by atoms with E-state index in [1.54, 1.807) is 6.92 Å². The Bertz CT molecular complexity index is 730. The molecule has 180 valence electrons. The van der Waals surface area contributed by atoms with Crippen LogP contribution in [-0.2, 0) is 20.6 Å². The summed E-state index contributed by atoms with van der Waals surface area (Å²) in [6.07, 6.45) is 7.08. The minimum Gasteiger partial charge on any atom is -0.498 e. The van der Waals surface area contributed by atoms with Gasteiger partial charge in [-0.15, -0.1) is 6.58 Å². The number of benzene rings is 1. The van der Waals surface area contributed by atoms with Crippen LogP contribution < -0.4 is 0 Å². The summed E-state index contributed by atoms with van der Waals surface area (Å²) in [6, 6.07) is 8.50. The van der Waals surface area contributed by atoms with Crippen molar-refractivity contribution < 1.29 is 23.0 Å². The predicted octanol–water partition coefficient (Wildman–Crippen LogP) is 7.94. The molecule has 0 N–H and O–H groups in total. The van der Waals surface area contributed by atoms with E-state index in [0.717, 1.165) is 31.2 Å². The van der Waals surface area contributed by atoms with E-state index >= 15 is 0 Å². The Labute approximate surface area is 193 Å². The fraction of sp³-hybridized carbons (Fsp3) is 0.556. The van der Waals surface area contributed by atoms with Gasteiger partial charge in [-0.1, -0.05) is 57.5 Å². The topological polar surface area (TPSA) is 27.7 Å². The van der Waals surface area contributed by atoms with E-state index in [1.807, 2.05) is 6.08 Å². The monoisotopic (exact) mass is 450 g/mol. The third-order valence-corrected chi connectivity index (χ3v) is 5.26. The van der Waals surface area contributed by atoms with Crippen molar-refractivity contribution in [1.82, 2.24) is 0 Å². The number of methoxy groups -OCH3 is 1. The maximum Gasteiger partial charge on any atom is 0.196 e. The highest BCUT2D eigenvalue weighted by Crippen LogP contribution is 2.30. The van der Waals surface area contributed by atoms with Crippen LogP contribution in [0.3, 0.4) is 0 Å². The number of aryl methyl sites for hydroxylation is 1. The summed E-state index contributed by atoms with van der Waals surface area (Å²) in [5, 5.41) is 0. The molecule has 0 aliphatic carbocycles. The normalized spacial score (nSPS) is 19.8. The number of ether oxygens (including phenoxy) is 3. The van der Waals surface area contributed by atoms with Crippen LogP contribution >= 0.6 is 0 Å². The molecule has 1 saturated heterocycles. The second-order valence-electron chi connectivity index (χ2n) is 7.95. The molecule has 2 atom stereocenters. The average Bonchev–Trinajstić information content (AvgIpc) is 2.83. The lowest BCUT2D eigenvalue weighted by atomic mass is 9.98. The Kier molecular flexibility index (Phi) is 13.8. The minimum atomic E-state index is -0.968. The third-order valence-electron chi connectivity index (χ3n) is 5.26. The fourth-order valence-corrected chi connectivity index (χ4v) is 3.23. The Hall–Kier alpha value is -1.98. The highest BCUT2D eigenvalue weighted by atomic mass is 19.2. The summed E-state index contributed by atoms with van der Waals surface area (Å²) in [5.74, 6) is -1.93. The number of halogens is 2. The molecule has 0 amide bonds. The maximum absolute atomic E-state index is 14.3. The van der Waals surface area contributed by atoms with E-state index in [4.69, 9.17) is 14.2 Å². The molecule has 0 radical (unpaired) electrons. The van der Waals surface area contributed by atoms with Gasteiger partial charge in [0.05, 0.1) is 32.5 Å². The van der Waals surface area contributed by atoms with Crippen molar-refractivity contribution in [2.75, 3.05) is 20.3 Å². The van der Waals surface area contributed by atoms with Gasteiger partial charge < -0.3 is 14.2 Å². The van der Waals surface area contributed by atoms with Crippen LogP contribution in [-0.4, -0.2) is 26.4 Å². The first-order chi connectivity index (χ1) is 15.4. The molecule has 3 nitrogen and oxygen atoms in total. The van der Waals surface area contributed by atoms with Crippen molar-refractivity contribution in [3.05, 3.63) is 71.0 Å². The van der Waals surface area contributed by atoms with Crippen LogP contribution in [0, 0.1) is 0 Å². The maximum atomic E-state index is 14.3. The van der Waals surface area contributed by atoms with E-state index in [1.165, 1.54) is 26.0 Å². The molecule has 0 bridgehead atoms. The van der Waals surface area contributed by atoms with Crippen LogP contribution in [0.4, 0.5) is 8.78 Å². The minimum absolute atomic E-state index is 0.0451. The van der Waals surface area contributed by atoms with E-state index in [9.17, 15) is 8.78 Å². The van der Waals surface area contributed by atoms with E-state index in [2.05, 4.69) is 44.7 Å². The van der Waals surface area contributed by atoms with Gasteiger partial charge in [0.2, 0.25) is 0 Å². The highest BCUT2D eigenvalue weighted by Gasteiger charge is 2.24. The number of hydrogen-bond acceptors (Lipinski definition) is 3. The zero-order valence-corrected chi connectivity index (χ0v) is 20.4. The van der Waals surface area contributed by atoms with Crippen LogP contribution in [0.2, 0.25) is 0 Å². The molecule has 1 heterocycles. The van der Waals surface area contributed by atoms with E-state index in [-0.39, 0.29) is 30.1 Å². The molecule has 2 rings (SSSR count). The Morgan fingerprint density at radius 3 is 2.28 bits per heavy atom. The molecular formula is C27H40F2O3. The molecule has 1 aromatic rings. The second kappa shape index (κ2) is 15.8. The molecule has 0 spiro atoms. The highest BCUT2D eigenvalue weighted by molar-refractivity contribution is 5.27.